The normalized spacial score (nSPS) is 23.2. The molecule has 3 rings (SSSR count). The third-order valence-electron chi connectivity index (χ3n) is 6.35. The van der Waals surface area contributed by atoms with Gasteiger partial charge in [0.2, 0.25) is 0 Å². The number of hydrogen-bond acceptors (Lipinski definition) is 6. The van der Waals surface area contributed by atoms with Crippen LogP contribution in [0.3, 0.4) is 0 Å². The second kappa shape index (κ2) is 10.1. The van der Waals surface area contributed by atoms with E-state index in [-0.39, 0.29) is 5.75 Å². The smallest absolute Gasteiger partial charge is 0.267 e. The Kier molecular flexibility index (Phi) is 7.66. The Morgan fingerprint density at radius 2 is 2.10 bits per heavy atom. The highest BCUT2D eigenvalue weighted by atomic mass is 32.2. The third-order valence-corrected chi connectivity index (χ3v) is 8.23. The van der Waals surface area contributed by atoms with Crippen molar-refractivity contribution in [2.45, 2.75) is 59.3 Å². The first kappa shape index (κ1) is 23.6. The fourth-order valence-electron chi connectivity index (χ4n) is 4.41. The average molecular weight is 459 g/mol. The van der Waals surface area contributed by atoms with Crippen molar-refractivity contribution in [2.75, 3.05) is 5.75 Å². The first-order chi connectivity index (χ1) is 14.7. The summed E-state index contributed by atoms with van der Waals surface area (Å²) in [5, 5.41) is 15.8. The molecule has 1 aliphatic heterocycles. The van der Waals surface area contributed by atoms with Gasteiger partial charge in [0.05, 0.1) is 11.3 Å². The second-order valence-electron chi connectivity index (χ2n) is 8.94. The molecule has 0 amide bonds. The topological polar surface area (TPSA) is 79.5 Å². The van der Waals surface area contributed by atoms with E-state index in [9.17, 15) is 13.7 Å². The van der Waals surface area contributed by atoms with Gasteiger partial charge in [-0.05, 0) is 66.6 Å². The Morgan fingerprint density at radius 3 is 2.77 bits per heavy atom. The molecule has 0 spiro atoms. The van der Waals surface area contributed by atoms with Crippen LogP contribution in [0.15, 0.2) is 46.5 Å². The van der Waals surface area contributed by atoms with Gasteiger partial charge in [-0.2, -0.15) is 13.7 Å². The Hall–Kier alpha value is -2.04. The van der Waals surface area contributed by atoms with Gasteiger partial charge in [0.25, 0.3) is 0 Å². The van der Waals surface area contributed by atoms with Crippen LogP contribution in [-0.2, 0) is 14.4 Å². The van der Waals surface area contributed by atoms with Gasteiger partial charge in [-0.25, -0.2) is 0 Å². The zero-order valence-electron chi connectivity index (χ0n) is 18.4. The molecule has 1 aromatic rings. The number of allylic oxidation sites excluding steroid dienone is 2. The number of aryl methyl sites for hydroxylation is 1. The minimum Gasteiger partial charge on any atom is -0.267 e. The molecule has 0 unspecified atom stereocenters. The summed E-state index contributed by atoms with van der Waals surface area (Å²) >= 11 is 1.25. The van der Waals surface area contributed by atoms with Crippen LogP contribution in [0.5, 0.6) is 0 Å². The van der Waals surface area contributed by atoms with Gasteiger partial charge in [-0.3, -0.25) is 4.28 Å². The molecule has 31 heavy (non-hydrogen) atoms. The lowest BCUT2D eigenvalue weighted by molar-refractivity contribution is 0.241. The van der Waals surface area contributed by atoms with Gasteiger partial charge in [0, 0.05) is 5.57 Å². The average Bonchev–Trinajstić information content (AvgIpc) is 3.32. The molecule has 1 fully saturated rings. The van der Waals surface area contributed by atoms with E-state index in [2.05, 4.69) is 25.1 Å². The quantitative estimate of drug-likeness (QED) is 0.264. The maximum atomic E-state index is 12.3. The van der Waals surface area contributed by atoms with Crippen LogP contribution < -0.4 is 0 Å². The molecule has 1 aliphatic carbocycles. The van der Waals surface area contributed by atoms with E-state index in [1.165, 1.54) is 31.0 Å². The first-order valence-electron chi connectivity index (χ1n) is 10.8. The minimum absolute atomic E-state index is 0.0447. The van der Waals surface area contributed by atoms with Crippen LogP contribution in [0.25, 0.3) is 5.57 Å². The number of nitrogens with zero attached hydrogens (tertiary/aromatic N) is 2. The van der Waals surface area contributed by atoms with E-state index in [1.807, 2.05) is 31.2 Å². The largest absolute Gasteiger partial charge is 0.328 e. The second-order valence-corrected chi connectivity index (χ2v) is 11.5. The van der Waals surface area contributed by atoms with Crippen LogP contribution in [0, 0.1) is 29.6 Å². The maximum absolute atomic E-state index is 12.3. The molecule has 1 heterocycles. The van der Waals surface area contributed by atoms with Crippen molar-refractivity contribution in [1.29, 1.82) is 5.26 Å². The predicted octanol–water partition coefficient (Wildman–Crippen LogP) is 6.19. The van der Waals surface area contributed by atoms with Crippen molar-refractivity contribution < 1.29 is 12.7 Å². The molecule has 1 atom stereocenters. The monoisotopic (exact) mass is 458 g/mol. The molecule has 2 aliphatic rings. The predicted molar refractivity (Wildman–Crippen MR) is 128 cm³/mol. The summed E-state index contributed by atoms with van der Waals surface area (Å²) in [4.78, 5) is 0. The number of benzene rings is 1. The van der Waals surface area contributed by atoms with E-state index in [0.29, 0.717) is 33.9 Å². The summed E-state index contributed by atoms with van der Waals surface area (Å²) < 4.78 is 29.7. The lowest BCUT2D eigenvalue weighted by Crippen LogP contribution is -2.17. The van der Waals surface area contributed by atoms with Crippen molar-refractivity contribution >= 4 is 32.5 Å². The molecular formula is C24H30N2O3S2. The van der Waals surface area contributed by atoms with Crippen molar-refractivity contribution in [3.8, 4) is 6.07 Å². The highest BCUT2D eigenvalue weighted by molar-refractivity contribution is 8.17. The number of thioether (sulfide) groups is 1. The molecule has 0 N–H and O–H groups in total. The zero-order valence-corrected chi connectivity index (χ0v) is 20.1. The molecule has 1 saturated carbocycles. The van der Waals surface area contributed by atoms with Crippen molar-refractivity contribution in [3.05, 3.63) is 52.4 Å². The molecule has 0 bridgehead atoms. The summed E-state index contributed by atoms with van der Waals surface area (Å²) in [5.41, 5.74) is 3.18. The number of unbranched alkanes of at least 4 members (excludes halogenated alkanes) is 1. The van der Waals surface area contributed by atoms with Crippen molar-refractivity contribution in [3.63, 3.8) is 0 Å². The van der Waals surface area contributed by atoms with Gasteiger partial charge in [-0.15, -0.1) is 0 Å². The summed E-state index contributed by atoms with van der Waals surface area (Å²) in [5.74, 6) is 0.632. The van der Waals surface area contributed by atoms with Gasteiger partial charge in [-0.1, -0.05) is 67.9 Å². The summed E-state index contributed by atoms with van der Waals surface area (Å²) in [6.07, 6.45) is 8.04. The van der Waals surface area contributed by atoms with E-state index >= 15 is 0 Å². The van der Waals surface area contributed by atoms with E-state index in [0.717, 1.165) is 24.0 Å². The molecule has 1 aromatic carbocycles. The minimum atomic E-state index is -3.76. The number of hydrogen-bond donors (Lipinski definition) is 0. The van der Waals surface area contributed by atoms with Gasteiger partial charge < -0.3 is 0 Å². The molecule has 0 radical (unpaired) electrons. The van der Waals surface area contributed by atoms with Crippen LogP contribution in [-0.4, -0.2) is 19.2 Å². The molecule has 166 valence electrons. The van der Waals surface area contributed by atoms with Crippen LogP contribution >= 0.6 is 11.8 Å². The lowest BCUT2D eigenvalue weighted by Gasteiger charge is -2.26. The fourth-order valence-corrected chi connectivity index (χ4v) is 5.99. The standard InChI is InChI=1S/C24H30N2O3S2/c1-18-9-4-5-12-20(18)22(17-25)21-13-15-30-23(21)26-29-31(27,28)16-7-6-10-19-11-8-14-24(19,2)3/h4-5,9,12-13,15,19H,6-8,10-11,14,16H2,1-3H3/b22-21+,26-23-/t19-/m1/s1. The Labute approximate surface area is 190 Å². The maximum Gasteiger partial charge on any atom is 0.328 e. The van der Waals surface area contributed by atoms with Crippen LogP contribution in [0.4, 0.5) is 0 Å². The zero-order chi connectivity index (χ0) is 22.5. The number of rotatable bonds is 8. The Bertz CT molecular complexity index is 1050. The fraction of sp³-hybridized carbons (Fsp3) is 0.500. The summed E-state index contributed by atoms with van der Waals surface area (Å²) in [6, 6.07) is 9.82. The highest BCUT2D eigenvalue weighted by Crippen LogP contribution is 2.45. The van der Waals surface area contributed by atoms with Gasteiger partial charge in [0.15, 0.2) is 0 Å². The molecule has 7 heteroatoms. The molecule has 0 saturated heterocycles. The molecular weight excluding hydrogens is 428 g/mol. The highest BCUT2D eigenvalue weighted by Gasteiger charge is 2.33. The number of oxime groups is 1. The van der Waals surface area contributed by atoms with E-state index in [4.69, 9.17) is 4.28 Å². The van der Waals surface area contributed by atoms with Crippen LogP contribution in [0.1, 0.15) is 63.5 Å². The first-order valence-corrected chi connectivity index (χ1v) is 13.2. The molecule has 0 aromatic heterocycles. The lowest BCUT2D eigenvalue weighted by atomic mass is 9.79. The summed E-state index contributed by atoms with van der Waals surface area (Å²) in [6.45, 7) is 6.56. The third kappa shape index (κ3) is 6.02. The SMILES string of the molecule is Cc1ccccc1/C(C#N)=C1\C=CS\C1=N/OS(=O)(=O)CCCC[C@@H]1CCCC1(C)C. The van der Waals surface area contributed by atoms with Crippen molar-refractivity contribution in [2.24, 2.45) is 16.5 Å². The Balaban J connectivity index is 1.62. The van der Waals surface area contributed by atoms with Gasteiger partial charge in [0.1, 0.15) is 11.1 Å². The van der Waals surface area contributed by atoms with Crippen LogP contribution in [0.2, 0.25) is 0 Å². The molecule has 5 nitrogen and oxygen atoms in total. The number of nitriles is 1. The van der Waals surface area contributed by atoms with Gasteiger partial charge >= 0.3 is 10.1 Å². The van der Waals surface area contributed by atoms with E-state index < -0.39 is 10.1 Å². The van der Waals surface area contributed by atoms with Crippen molar-refractivity contribution in [1.82, 2.24) is 0 Å². The summed E-state index contributed by atoms with van der Waals surface area (Å²) in [7, 11) is -3.76. The Morgan fingerprint density at radius 1 is 1.32 bits per heavy atom. The van der Waals surface area contributed by atoms with E-state index in [1.54, 1.807) is 11.5 Å².